The Balaban J connectivity index is 3.13. The summed E-state index contributed by atoms with van der Waals surface area (Å²) in [5, 5.41) is 0. The van der Waals surface area contributed by atoms with Gasteiger partial charge in [-0.3, -0.25) is 0 Å². The molecule has 5 nitrogen and oxygen atoms in total. The van der Waals surface area contributed by atoms with Crippen molar-refractivity contribution in [2.24, 2.45) is 0 Å². The molecule has 157 valence electrons. The van der Waals surface area contributed by atoms with E-state index >= 15 is 0 Å². The smallest absolute Gasteiger partial charge is 0.223 e. The quantitative estimate of drug-likeness (QED) is 0.0812. The molecule has 0 aliphatic carbocycles. The SMILES string of the molecule is CCCCCCCCCCOO[P](=O)OOCCCCCCCCCC. The summed E-state index contributed by atoms with van der Waals surface area (Å²) in [5.74, 6) is 0. The van der Waals surface area contributed by atoms with Gasteiger partial charge >= 0.3 is 8.25 Å². The van der Waals surface area contributed by atoms with Crippen LogP contribution in [0.2, 0.25) is 0 Å². The summed E-state index contributed by atoms with van der Waals surface area (Å²) in [6.45, 7) is 5.34. The first kappa shape index (κ1) is 25.9. The van der Waals surface area contributed by atoms with Gasteiger partial charge in [0.25, 0.3) is 0 Å². The summed E-state index contributed by atoms with van der Waals surface area (Å²) >= 11 is 0. The standard InChI is InChI=1S/C20H42O5P/c1-3-5-7-9-11-13-15-17-19-22-24-26(21)25-23-20-18-16-14-12-10-8-6-4-2/h3-20H2,1-2H3. The minimum Gasteiger partial charge on any atom is -0.223 e. The van der Waals surface area contributed by atoms with Crippen LogP contribution in [0, 0.1) is 0 Å². The Morgan fingerprint density at radius 1 is 0.500 bits per heavy atom. The number of rotatable bonds is 22. The Hall–Kier alpha value is -0.0600. The molecule has 0 atom stereocenters. The molecule has 0 spiro atoms. The number of unbranched alkanes of at least 4 members (excludes halogenated alkanes) is 14. The lowest BCUT2D eigenvalue weighted by Gasteiger charge is -2.04. The van der Waals surface area contributed by atoms with Crippen LogP contribution in [0.4, 0.5) is 0 Å². The molecule has 6 heteroatoms. The molecule has 0 unspecified atom stereocenters. The zero-order chi connectivity index (χ0) is 19.1. The van der Waals surface area contributed by atoms with Crippen molar-refractivity contribution in [3.63, 3.8) is 0 Å². The van der Waals surface area contributed by atoms with Gasteiger partial charge in [-0.2, -0.15) is 0 Å². The van der Waals surface area contributed by atoms with Crippen LogP contribution in [0.5, 0.6) is 0 Å². The maximum atomic E-state index is 11.4. The van der Waals surface area contributed by atoms with E-state index in [1.807, 2.05) is 0 Å². The van der Waals surface area contributed by atoms with Gasteiger partial charge < -0.3 is 0 Å². The zero-order valence-corrected chi connectivity index (χ0v) is 18.1. The lowest BCUT2D eigenvalue weighted by atomic mass is 10.1. The van der Waals surface area contributed by atoms with Crippen LogP contribution in [0.1, 0.15) is 117 Å². The minimum absolute atomic E-state index is 0.442. The average molecular weight is 394 g/mol. The van der Waals surface area contributed by atoms with Crippen LogP contribution in [0.3, 0.4) is 0 Å². The normalized spacial score (nSPS) is 11.2. The fraction of sp³-hybridized carbons (Fsp3) is 1.00. The summed E-state index contributed by atoms with van der Waals surface area (Å²) in [6, 6.07) is 0. The fourth-order valence-corrected chi connectivity index (χ4v) is 3.11. The average Bonchev–Trinajstić information content (AvgIpc) is 2.64. The van der Waals surface area contributed by atoms with Gasteiger partial charge in [-0.25, -0.2) is 14.3 Å². The second-order valence-corrected chi connectivity index (χ2v) is 7.71. The topological polar surface area (TPSA) is 54.0 Å². The van der Waals surface area contributed by atoms with Crippen molar-refractivity contribution in [3.05, 3.63) is 0 Å². The fourth-order valence-electron chi connectivity index (χ4n) is 2.76. The monoisotopic (exact) mass is 393 g/mol. The molecular formula is C20H42O5P. The molecule has 0 saturated heterocycles. The van der Waals surface area contributed by atoms with E-state index in [0.717, 1.165) is 25.7 Å². The van der Waals surface area contributed by atoms with Gasteiger partial charge in [-0.05, 0) is 12.8 Å². The van der Waals surface area contributed by atoms with Crippen LogP contribution in [-0.4, -0.2) is 13.2 Å². The highest BCUT2D eigenvalue weighted by atomic mass is 31.1. The summed E-state index contributed by atoms with van der Waals surface area (Å²) in [7, 11) is -2.34. The molecule has 0 aromatic rings. The first-order chi connectivity index (χ1) is 12.8. The van der Waals surface area contributed by atoms with E-state index in [1.54, 1.807) is 0 Å². The van der Waals surface area contributed by atoms with Crippen molar-refractivity contribution in [3.8, 4) is 0 Å². The van der Waals surface area contributed by atoms with E-state index in [0.29, 0.717) is 13.2 Å². The van der Waals surface area contributed by atoms with Crippen molar-refractivity contribution in [1.29, 1.82) is 0 Å². The lowest BCUT2D eigenvalue weighted by Crippen LogP contribution is -1.95. The molecule has 0 N–H and O–H groups in total. The molecule has 1 radical (unpaired) electrons. The minimum atomic E-state index is -2.34. The van der Waals surface area contributed by atoms with E-state index in [1.165, 1.54) is 77.0 Å². The van der Waals surface area contributed by atoms with Gasteiger partial charge in [-0.15, -0.1) is 9.35 Å². The van der Waals surface area contributed by atoms with Gasteiger partial charge in [0.05, 0.1) is 13.2 Å². The van der Waals surface area contributed by atoms with Gasteiger partial charge in [0, 0.05) is 0 Å². The molecule has 0 aliphatic rings. The lowest BCUT2D eigenvalue weighted by molar-refractivity contribution is -0.259. The molecular weight excluding hydrogens is 351 g/mol. The van der Waals surface area contributed by atoms with Gasteiger partial charge in [0.1, 0.15) is 0 Å². The Labute approximate surface area is 162 Å². The Morgan fingerprint density at radius 2 is 0.808 bits per heavy atom. The molecule has 0 aromatic carbocycles. The molecule has 0 bridgehead atoms. The molecule has 0 aliphatic heterocycles. The third kappa shape index (κ3) is 22.0. The second-order valence-electron chi connectivity index (χ2n) is 6.97. The highest BCUT2D eigenvalue weighted by Crippen LogP contribution is 2.24. The van der Waals surface area contributed by atoms with Crippen LogP contribution >= 0.6 is 8.25 Å². The maximum Gasteiger partial charge on any atom is 0.427 e. The van der Waals surface area contributed by atoms with Gasteiger partial charge in [0.2, 0.25) is 0 Å². The van der Waals surface area contributed by atoms with E-state index in [9.17, 15) is 4.57 Å². The number of hydrogen-bond acceptors (Lipinski definition) is 5. The first-order valence-corrected chi connectivity index (χ1v) is 12.0. The predicted molar refractivity (Wildman–Crippen MR) is 107 cm³/mol. The largest absolute Gasteiger partial charge is 0.427 e. The summed E-state index contributed by atoms with van der Waals surface area (Å²) < 4.78 is 20.7. The van der Waals surface area contributed by atoms with Crippen molar-refractivity contribution >= 4 is 8.25 Å². The van der Waals surface area contributed by atoms with Crippen LogP contribution in [0.25, 0.3) is 0 Å². The van der Waals surface area contributed by atoms with Crippen molar-refractivity contribution in [2.45, 2.75) is 117 Å². The molecule has 0 aromatic heterocycles. The zero-order valence-electron chi connectivity index (χ0n) is 17.2. The Morgan fingerprint density at radius 3 is 1.15 bits per heavy atom. The summed E-state index contributed by atoms with van der Waals surface area (Å²) in [4.78, 5) is 9.79. The van der Waals surface area contributed by atoms with Gasteiger partial charge in [0.15, 0.2) is 0 Å². The summed E-state index contributed by atoms with van der Waals surface area (Å²) in [5.41, 5.74) is 0. The van der Waals surface area contributed by atoms with E-state index in [2.05, 4.69) is 23.2 Å². The van der Waals surface area contributed by atoms with E-state index in [4.69, 9.17) is 9.78 Å². The Bertz CT molecular complexity index is 263. The molecule has 0 amide bonds. The molecule has 0 rings (SSSR count). The van der Waals surface area contributed by atoms with Gasteiger partial charge in [-0.1, -0.05) is 104 Å². The van der Waals surface area contributed by atoms with E-state index in [-0.39, 0.29) is 0 Å². The van der Waals surface area contributed by atoms with Crippen molar-refractivity contribution in [2.75, 3.05) is 13.2 Å². The van der Waals surface area contributed by atoms with Crippen LogP contribution < -0.4 is 0 Å². The van der Waals surface area contributed by atoms with Crippen LogP contribution in [0.15, 0.2) is 0 Å². The predicted octanol–water partition coefficient (Wildman–Crippen LogP) is 7.82. The highest BCUT2D eigenvalue weighted by Gasteiger charge is 2.04. The van der Waals surface area contributed by atoms with Crippen molar-refractivity contribution in [1.82, 2.24) is 0 Å². The second kappa shape index (κ2) is 23.0. The maximum absolute atomic E-state index is 11.4. The van der Waals surface area contributed by atoms with Crippen molar-refractivity contribution < 1.29 is 23.7 Å². The van der Waals surface area contributed by atoms with Crippen LogP contribution in [-0.2, 0) is 23.7 Å². The Kier molecular flexibility index (Phi) is 22.9. The molecule has 0 fully saturated rings. The molecule has 0 saturated carbocycles. The highest BCUT2D eigenvalue weighted by molar-refractivity contribution is 7.32. The third-order valence-corrected chi connectivity index (χ3v) is 4.84. The van der Waals surface area contributed by atoms with E-state index < -0.39 is 8.25 Å². The summed E-state index contributed by atoms with van der Waals surface area (Å²) in [6.07, 6.45) is 19.6. The third-order valence-electron chi connectivity index (χ3n) is 4.39. The molecule has 0 heterocycles. The number of hydrogen-bond donors (Lipinski definition) is 0. The first-order valence-electron chi connectivity index (χ1n) is 10.9. The molecule has 26 heavy (non-hydrogen) atoms.